The minimum absolute atomic E-state index is 0.0634. The largest absolute Gasteiger partial charge is 0.422 e. The van der Waals surface area contributed by atoms with Crippen LogP contribution in [0.5, 0.6) is 0 Å². The van der Waals surface area contributed by atoms with Gasteiger partial charge in [-0.3, -0.25) is 4.79 Å². The van der Waals surface area contributed by atoms with Crippen LogP contribution in [-0.2, 0) is 4.79 Å². The number of aryl methyl sites for hydroxylation is 1. The number of aliphatic hydroxyl groups is 1. The van der Waals surface area contributed by atoms with Crippen LogP contribution < -0.4 is 4.90 Å². The summed E-state index contributed by atoms with van der Waals surface area (Å²) in [4.78, 5) is 25.8. The Morgan fingerprint density at radius 1 is 1.23 bits per heavy atom. The number of carbonyl (C=O) groups is 1. The Bertz CT molecular complexity index is 782. The summed E-state index contributed by atoms with van der Waals surface area (Å²) in [5.74, 6) is 0.551. The highest BCUT2D eigenvalue weighted by Gasteiger charge is 2.32. The molecule has 1 amide bonds. The van der Waals surface area contributed by atoms with Crippen molar-refractivity contribution in [3.63, 3.8) is 0 Å². The van der Waals surface area contributed by atoms with Gasteiger partial charge in [0.05, 0.1) is 0 Å². The van der Waals surface area contributed by atoms with Gasteiger partial charge in [0.2, 0.25) is 11.6 Å². The fourth-order valence-corrected chi connectivity index (χ4v) is 4.03. The number of likely N-dealkylation sites (tertiary alicyclic amines) is 1. The molecule has 0 saturated carbocycles. The van der Waals surface area contributed by atoms with Gasteiger partial charge in [-0.25, -0.2) is 4.98 Å². The number of amides is 1. The number of aromatic nitrogens is 2. The van der Waals surface area contributed by atoms with Crippen molar-refractivity contribution in [2.45, 2.75) is 32.6 Å². The minimum Gasteiger partial charge on any atom is -0.422 e. The monoisotopic (exact) mass is 358 g/mol. The number of carbonyl (C=O) groups excluding carboxylic acids is 1. The third-order valence-electron chi connectivity index (χ3n) is 5.58. The predicted molar refractivity (Wildman–Crippen MR) is 97.9 cm³/mol. The number of aliphatic hydroxyl groups excluding tert-OH is 1. The first-order valence-corrected chi connectivity index (χ1v) is 9.53. The molecule has 2 saturated heterocycles. The highest BCUT2D eigenvalue weighted by Crippen LogP contribution is 2.28. The Hall–Kier alpha value is -2.15. The van der Waals surface area contributed by atoms with Gasteiger partial charge in [0.1, 0.15) is 0 Å². The zero-order valence-electron chi connectivity index (χ0n) is 15.2. The van der Waals surface area contributed by atoms with Gasteiger partial charge in [-0.2, -0.15) is 4.98 Å². The highest BCUT2D eigenvalue weighted by atomic mass is 16.4. The molecular formula is C19H26N4O3. The maximum absolute atomic E-state index is 12.8. The molecule has 2 fully saturated rings. The van der Waals surface area contributed by atoms with Gasteiger partial charge in [0, 0.05) is 44.4 Å². The summed E-state index contributed by atoms with van der Waals surface area (Å²) in [6, 6.07) is 4.42. The first-order valence-electron chi connectivity index (χ1n) is 9.53. The molecule has 4 rings (SSSR count). The third kappa shape index (κ3) is 3.40. The number of pyridine rings is 1. The standard InChI is InChI=1S/C19H26N4O3/c1-13-4-5-16-17(20-13)21-19(26-16)22-9-6-15(7-10-22)18(25)23-8-2-3-14(11-23)12-24/h4-5,14-15,24H,2-3,6-12H2,1H3. The zero-order valence-corrected chi connectivity index (χ0v) is 15.2. The van der Waals surface area contributed by atoms with Crippen LogP contribution in [0.4, 0.5) is 6.01 Å². The molecule has 2 aromatic rings. The summed E-state index contributed by atoms with van der Waals surface area (Å²) in [6.07, 6.45) is 3.63. The summed E-state index contributed by atoms with van der Waals surface area (Å²) >= 11 is 0. The predicted octanol–water partition coefficient (Wildman–Crippen LogP) is 1.98. The summed E-state index contributed by atoms with van der Waals surface area (Å²) in [7, 11) is 0. The maximum atomic E-state index is 12.8. The van der Waals surface area contributed by atoms with Crippen LogP contribution >= 0.6 is 0 Å². The Morgan fingerprint density at radius 3 is 2.81 bits per heavy atom. The number of piperidine rings is 2. The number of oxazole rings is 1. The van der Waals surface area contributed by atoms with E-state index in [1.54, 1.807) is 0 Å². The lowest BCUT2D eigenvalue weighted by Crippen LogP contribution is -2.46. The fraction of sp³-hybridized carbons (Fsp3) is 0.632. The van der Waals surface area contributed by atoms with Crippen molar-refractivity contribution >= 4 is 23.2 Å². The Morgan fingerprint density at radius 2 is 2.04 bits per heavy atom. The van der Waals surface area contributed by atoms with Crippen molar-refractivity contribution in [1.82, 2.24) is 14.9 Å². The summed E-state index contributed by atoms with van der Waals surface area (Å²) < 4.78 is 5.83. The van der Waals surface area contributed by atoms with Crippen LogP contribution in [0, 0.1) is 18.8 Å². The van der Waals surface area contributed by atoms with Crippen LogP contribution in [0.2, 0.25) is 0 Å². The second-order valence-corrected chi connectivity index (χ2v) is 7.51. The molecular weight excluding hydrogens is 332 g/mol. The van der Waals surface area contributed by atoms with Gasteiger partial charge < -0.3 is 19.3 Å². The molecule has 4 heterocycles. The van der Waals surface area contributed by atoms with Gasteiger partial charge in [0.15, 0.2) is 5.58 Å². The van der Waals surface area contributed by atoms with Gasteiger partial charge in [0.25, 0.3) is 6.01 Å². The maximum Gasteiger partial charge on any atom is 0.299 e. The minimum atomic E-state index is 0.0634. The number of rotatable bonds is 3. The topological polar surface area (TPSA) is 82.7 Å². The number of fused-ring (bicyclic) bond motifs is 1. The van der Waals surface area contributed by atoms with E-state index in [1.807, 2.05) is 24.0 Å². The summed E-state index contributed by atoms with van der Waals surface area (Å²) in [5, 5.41) is 9.37. The molecule has 1 N–H and O–H groups in total. The van der Waals surface area contributed by atoms with E-state index in [0.717, 1.165) is 51.0 Å². The van der Waals surface area contributed by atoms with Crippen molar-refractivity contribution in [1.29, 1.82) is 0 Å². The fourth-order valence-electron chi connectivity index (χ4n) is 4.03. The molecule has 140 valence electrons. The average molecular weight is 358 g/mol. The summed E-state index contributed by atoms with van der Waals surface area (Å²) in [5.41, 5.74) is 2.26. The lowest BCUT2D eigenvalue weighted by Gasteiger charge is -2.37. The van der Waals surface area contributed by atoms with Gasteiger partial charge in [-0.05, 0) is 50.7 Å². The van der Waals surface area contributed by atoms with Crippen molar-refractivity contribution in [3.8, 4) is 0 Å². The van der Waals surface area contributed by atoms with E-state index in [-0.39, 0.29) is 24.3 Å². The van der Waals surface area contributed by atoms with E-state index in [1.165, 1.54) is 0 Å². The molecule has 0 radical (unpaired) electrons. The molecule has 7 heteroatoms. The molecule has 1 unspecified atom stereocenters. The molecule has 0 bridgehead atoms. The normalized spacial score (nSPS) is 22.2. The van der Waals surface area contributed by atoms with Crippen LogP contribution in [0.3, 0.4) is 0 Å². The lowest BCUT2D eigenvalue weighted by atomic mass is 9.92. The molecule has 2 aliphatic heterocycles. The molecule has 2 aromatic heterocycles. The SMILES string of the molecule is Cc1ccc2oc(N3CCC(C(=O)N4CCCC(CO)C4)CC3)nc2n1. The Kier molecular flexibility index (Phi) is 4.80. The van der Waals surface area contributed by atoms with Gasteiger partial charge in [-0.15, -0.1) is 0 Å². The Labute approximate surface area is 153 Å². The average Bonchev–Trinajstić information content (AvgIpc) is 3.10. The second-order valence-electron chi connectivity index (χ2n) is 7.51. The molecule has 1 atom stereocenters. The van der Waals surface area contributed by atoms with Crippen LogP contribution in [0.15, 0.2) is 16.5 Å². The molecule has 0 aromatic carbocycles. The van der Waals surface area contributed by atoms with Crippen molar-refractivity contribution in [3.05, 3.63) is 17.8 Å². The second kappa shape index (κ2) is 7.23. The zero-order chi connectivity index (χ0) is 18.1. The highest BCUT2D eigenvalue weighted by molar-refractivity contribution is 5.79. The molecule has 0 spiro atoms. The molecule has 2 aliphatic rings. The molecule has 26 heavy (non-hydrogen) atoms. The van der Waals surface area contributed by atoms with Gasteiger partial charge >= 0.3 is 0 Å². The quantitative estimate of drug-likeness (QED) is 0.903. The van der Waals surface area contributed by atoms with E-state index in [4.69, 9.17) is 4.42 Å². The lowest BCUT2D eigenvalue weighted by molar-refractivity contribution is -0.138. The Balaban J connectivity index is 1.38. The van der Waals surface area contributed by atoms with Crippen LogP contribution in [-0.4, -0.2) is 58.7 Å². The first-order chi connectivity index (χ1) is 12.6. The smallest absolute Gasteiger partial charge is 0.299 e. The van der Waals surface area contributed by atoms with Crippen molar-refractivity contribution < 1.29 is 14.3 Å². The number of hydrogen-bond donors (Lipinski definition) is 1. The molecule has 0 aliphatic carbocycles. The third-order valence-corrected chi connectivity index (χ3v) is 5.58. The van der Waals surface area contributed by atoms with Crippen LogP contribution in [0.1, 0.15) is 31.4 Å². The summed E-state index contributed by atoms with van der Waals surface area (Å²) in [6.45, 7) is 5.16. The van der Waals surface area contributed by atoms with Gasteiger partial charge in [-0.1, -0.05) is 0 Å². The van der Waals surface area contributed by atoms with Crippen LogP contribution in [0.25, 0.3) is 11.2 Å². The number of anilines is 1. The number of nitrogens with zero attached hydrogens (tertiary/aromatic N) is 4. The van der Waals surface area contributed by atoms with E-state index in [0.29, 0.717) is 23.8 Å². The first kappa shape index (κ1) is 17.3. The van der Waals surface area contributed by atoms with Crippen molar-refractivity contribution in [2.24, 2.45) is 11.8 Å². The van der Waals surface area contributed by atoms with E-state index >= 15 is 0 Å². The number of hydrogen-bond acceptors (Lipinski definition) is 6. The van der Waals surface area contributed by atoms with Crippen molar-refractivity contribution in [2.75, 3.05) is 37.7 Å². The molecule has 7 nitrogen and oxygen atoms in total. The van der Waals surface area contributed by atoms with E-state index in [9.17, 15) is 9.90 Å². The van der Waals surface area contributed by atoms with E-state index in [2.05, 4.69) is 14.9 Å². The van der Waals surface area contributed by atoms with E-state index < -0.39 is 0 Å².